The van der Waals surface area contributed by atoms with Gasteiger partial charge in [-0.2, -0.15) is 4.80 Å². The summed E-state index contributed by atoms with van der Waals surface area (Å²) in [4.78, 5) is 30.5. The highest BCUT2D eigenvalue weighted by Gasteiger charge is 2.34. The summed E-state index contributed by atoms with van der Waals surface area (Å²) < 4.78 is 18.8. The summed E-state index contributed by atoms with van der Waals surface area (Å²) in [5, 5.41) is 17.1. The normalized spacial score (nSPS) is 12.0. The average molecular weight is 511 g/mol. The van der Waals surface area contributed by atoms with Gasteiger partial charge in [0, 0.05) is 17.0 Å². The van der Waals surface area contributed by atoms with E-state index in [1.54, 1.807) is 12.1 Å². The minimum atomic E-state index is -0.971. The molecule has 4 aromatic rings. The van der Waals surface area contributed by atoms with E-state index in [0.29, 0.717) is 23.8 Å². The van der Waals surface area contributed by atoms with Crippen LogP contribution in [0, 0.1) is 11.7 Å². The molecule has 0 saturated carbocycles. The molecular formula is C25H27FN6O3S. The maximum atomic E-state index is 13.6. The summed E-state index contributed by atoms with van der Waals surface area (Å²) in [5.41, 5.74) is 0.573. The molecule has 9 nitrogen and oxygen atoms in total. The van der Waals surface area contributed by atoms with Gasteiger partial charge in [-0.1, -0.05) is 19.9 Å². The smallest absolute Gasteiger partial charge is 0.250 e. The minimum absolute atomic E-state index is 0.207. The van der Waals surface area contributed by atoms with Gasteiger partial charge >= 0.3 is 0 Å². The lowest BCUT2D eigenvalue weighted by molar-refractivity contribution is -0.143. The van der Waals surface area contributed by atoms with Crippen LogP contribution in [0.25, 0.3) is 11.4 Å². The van der Waals surface area contributed by atoms with Crippen molar-refractivity contribution in [3.8, 4) is 11.4 Å². The fraction of sp³-hybridized carbons (Fsp3) is 0.320. The van der Waals surface area contributed by atoms with Crippen molar-refractivity contribution >= 4 is 23.2 Å². The second kappa shape index (κ2) is 11.7. The lowest BCUT2D eigenvalue weighted by Gasteiger charge is -2.29. The highest BCUT2D eigenvalue weighted by atomic mass is 32.1. The number of hydrogen-bond donors (Lipinski definition) is 1. The Hall–Kier alpha value is -3.86. The Labute approximate surface area is 211 Å². The summed E-state index contributed by atoms with van der Waals surface area (Å²) in [6, 6.07) is 11.9. The third kappa shape index (κ3) is 6.42. The van der Waals surface area contributed by atoms with E-state index in [1.807, 2.05) is 17.5 Å². The van der Waals surface area contributed by atoms with Gasteiger partial charge in [0.2, 0.25) is 11.7 Å². The molecule has 36 heavy (non-hydrogen) atoms. The van der Waals surface area contributed by atoms with Crippen LogP contribution in [0.3, 0.4) is 0 Å². The van der Waals surface area contributed by atoms with Crippen LogP contribution in [0.5, 0.6) is 0 Å². The molecule has 0 spiro atoms. The number of rotatable bonds is 11. The molecule has 0 aliphatic rings. The number of amides is 2. The molecule has 3 aromatic heterocycles. The zero-order chi connectivity index (χ0) is 25.5. The predicted octanol–water partition coefficient (Wildman–Crippen LogP) is 4.07. The largest absolute Gasteiger partial charge is 0.467 e. The molecule has 188 valence electrons. The van der Waals surface area contributed by atoms with Gasteiger partial charge in [0.25, 0.3) is 5.91 Å². The first kappa shape index (κ1) is 25.2. The number of benzene rings is 1. The number of aromatic nitrogens is 4. The second-order valence-corrected chi connectivity index (χ2v) is 9.68. The van der Waals surface area contributed by atoms with Crippen molar-refractivity contribution in [1.82, 2.24) is 30.4 Å². The van der Waals surface area contributed by atoms with E-state index in [-0.39, 0.29) is 36.5 Å². The van der Waals surface area contributed by atoms with Crippen molar-refractivity contribution < 1.29 is 18.4 Å². The lowest BCUT2D eigenvalue weighted by Crippen LogP contribution is -2.44. The summed E-state index contributed by atoms with van der Waals surface area (Å²) in [6.07, 6.45) is 2.29. The van der Waals surface area contributed by atoms with Crippen LogP contribution in [-0.2, 0) is 22.7 Å². The fourth-order valence-electron chi connectivity index (χ4n) is 3.58. The Bertz CT molecular complexity index is 1260. The van der Waals surface area contributed by atoms with Gasteiger partial charge in [-0.05, 0) is 65.4 Å². The van der Waals surface area contributed by atoms with Crippen molar-refractivity contribution in [3.05, 3.63) is 76.6 Å². The van der Waals surface area contributed by atoms with Crippen LogP contribution in [0.2, 0.25) is 0 Å². The molecular weight excluding hydrogens is 483 g/mol. The number of nitrogens with one attached hydrogen (secondary N) is 1. The Morgan fingerprint density at radius 3 is 2.64 bits per heavy atom. The molecule has 0 radical (unpaired) electrons. The van der Waals surface area contributed by atoms with E-state index < -0.39 is 6.04 Å². The number of carbonyl (C=O) groups excluding carboxylic acids is 2. The third-order valence-electron chi connectivity index (χ3n) is 5.45. The molecule has 0 unspecified atom stereocenters. The van der Waals surface area contributed by atoms with Crippen LogP contribution in [-0.4, -0.2) is 43.5 Å². The molecule has 0 fully saturated rings. The summed E-state index contributed by atoms with van der Waals surface area (Å²) in [7, 11) is 0. The zero-order valence-electron chi connectivity index (χ0n) is 20.0. The van der Waals surface area contributed by atoms with Crippen LogP contribution < -0.4 is 5.32 Å². The molecule has 0 aliphatic carbocycles. The highest BCUT2D eigenvalue weighted by Crippen LogP contribution is 2.26. The number of hydrogen-bond acceptors (Lipinski definition) is 7. The fourth-order valence-corrected chi connectivity index (χ4v) is 4.29. The molecule has 0 aliphatic heterocycles. The Kier molecular flexibility index (Phi) is 8.21. The summed E-state index contributed by atoms with van der Waals surface area (Å²) in [6.45, 7) is 4.61. The number of carbonyl (C=O) groups is 2. The standard InChI is InChI=1S/C25H27FN6O3S/c1-17(2)11-12-27-25(34)23(21-6-3-13-35-21)31(15-20-5-4-14-36-20)22(33)16-32-29-24(28-30-32)18-7-9-19(26)10-8-18/h3-10,13-14,17,23H,11-12,15-16H2,1-2H3,(H,27,34)/t23-/m1/s1. The molecule has 0 bridgehead atoms. The Morgan fingerprint density at radius 1 is 1.17 bits per heavy atom. The van der Waals surface area contributed by atoms with E-state index in [0.717, 1.165) is 16.1 Å². The topological polar surface area (TPSA) is 106 Å². The van der Waals surface area contributed by atoms with Crippen molar-refractivity contribution in [2.24, 2.45) is 5.92 Å². The molecule has 1 atom stereocenters. The van der Waals surface area contributed by atoms with Gasteiger partial charge in [0.05, 0.1) is 12.8 Å². The molecule has 4 rings (SSSR count). The summed E-state index contributed by atoms with van der Waals surface area (Å²) in [5.74, 6) is -0.0332. The summed E-state index contributed by atoms with van der Waals surface area (Å²) >= 11 is 1.49. The van der Waals surface area contributed by atoms with Gasteiger partial charge in [0.15, 0.2) is 6.04 Å². The Morgan fingerprint density at radius 2 is 1.97 bits per heavy atom. The molecule has 3 heterocycles. The number of tetrazole rings is 1. The second-order valence-electron chi connectivity index (χ2n) is 8.64. The maximum Gasteiger partial charge on any atom is 0.250 e. The first-order valence-corrected chi connectivity index (χ1v) is 12.5. The Balaban J connectivity index is 1.58. The quantitative estimate of drug-likeness (QED) is 0.326. The van der Waals surface area contributed by atoms with Crippen molar-refractivity contribution in [3.63, 3.8) is 0 Å². The molecule has 2 amide bonds. The predicted molar refractivity (Wildman–Crippen MR) is 132 cm³/mol. The molecule has 0 saturated heterocycles. The molecule has 11 heteroatoms. The van der Waals surface area contributed by atoms with E-state index in [9.17, 15) is 14.0 Å². The molecule has 1 aromatic carbocycles. The van der Waals surface area contributed by atoms with Crippen LogP contribution >= 0.6 is 11.3 Å². The zero-order valence-corrected chi connectivity index (χ0v) is 20.8. The van der Waals surface area contributed by atoms with Crippen LogP contribution in [0.1, 0.15) is 36.9 Å². The SMILES string of the molecule is CC(C)CCNC(=O)[C@@H](c1ccco1)N(Cc1cccs1)C(=O)Cn1nnc(-c2ccc(F)cc2)n1. The van der Waals surface area contributed by atoms with E-state index in [1.165, 1.54) is 46.8 Å². The van der Waals surface area contributed by atoms with E-state index >= 15 is 0 Å². The van der Waals surface area contributed by atoms with Crippen molar-refractivity contribution in [1.29, 1.82) is 0 Å². The monoisotopic (exact) mass is 510 g/mol. The lowest BCUT2D eigenvalue weighted by atomic mass is 10.1. The third-order valence-corrected chi connectivity index (χ3v) is 6.31. The van der Waals surface area contributed by atoms with Gasteiger partial charge < -0.3 is 14.6 Å². The number of halogens is 1. The first-order chi connectivity index (χ1) is 17.4. The average Bonchev–Trinajstić information content (AvgIpc) is 3.63. The number of thiophene rings is 1. The maximum absolute atomic E-state index is 13.6. The molecule has 1 N–H and O–H groups in total. The van der Waals surface area contributed by atoms with Gasteiger partial charge in [-0.3, -0.25) is 9.59 Å². The number of furan rings is 1. The van der Waals surface area contributed by atoms with Gasteiger partial charge in [-0.15, -0.1) is 21.5 Å². The minimum Gasteiger partial charge on any atom is -0.467 e. The van der Waals surface area contributed by atoms with E-state index in [4.69, 9.17) is 4.42 Å². The highest BCUT2D eigenvalue weighted by molar-refractivity contribution is 7.09. The van der Waals surface area contributed by atoms with Crippen LogP contribution in [0.15, 0.2) is 64.6 Å². The van der Waals surface area contributed by atoms with Gasteiger partial charge in [0.1, 0.15) is 18.1 Å². The van der Waals surface area contributed by atoms with Crippen molar-refractivity contribution in [2.75, 3.05) is 6.54 Å². The number of nitrogens with zero attached hydrogens (tertiary/aromatic N) is 5. The van der Waals surface area contributed by atoms with Crippen molar-refractivity contribution in [2.45, 2.75) is 39.4 Å². The van der Waals surface area contributed by atoms with Gasteiger partial charge in [-0.25, -0.2) is 4.39 Å². The van der Waals surface area contributed by atoms with E-state index in [2.05, 4.69) is 34.6 Å². The first-order valence-electron chi connectivity index (χ1n) is 11.6. The van der Waals surface area contributed by atoms with Crippen LogP contribution in [0.4, 0.5) is 4.39 Å².